The van der Waals surface area contributed by atoms with Crippen LogP contribution in [0.15, 0.2) is 0 Å². The van der Waals surface area contributed by atoms with Crippen LogP contribution in [0.1, 0.15) is 0 Å². The van der Waals surface area contributed by atoms with Crippen molar-refractivity contribution < 1.29 is 0 Å². The van der Waals surface area contributed by atoms with Crippen LogP contribution in [0, 0.1) is 0 Å². The lowest BCUT2D eigenvalue weighted by Crippen LogP contribution is -2.39. The molecule has 0 amide bonds. The van der Waals surface area contributed by atoms with E-state index in [0.29, 0.717) is 6.04 Å². The lowest BCUT2D eigenvalue weighted by atomic mass is 11.0. The lowest BCUT2D eigenvalue weighted by molar-refractivity contribution is 1.46. The van der Waals surface area contributed by atoms with E-state index in [1.807, 2.05) is 0 Å². The van der Waals surface area contributed by atoms with Gasteiger partial charge in [0.05, 0.1) is 0 Å². The monoisotopic (exact) mass is 292 g/mol. The average Bonchev–Trinajstić information content (AvgIpc) is 2.05. The Labute approximate surface area is 89.3 Å². The maximum absolute atomic E-state index is 5.95. The second kappa shape index (κ2) is 2.58. The van der Waals surface area contributed by atoms with Crippen LogP contribution in [0.3, 0.4) is 0 Å². The van der Waals surface area contributed by atoms with Crippen LogP contribution >= 0.6 is 67.5 Å². The van der Waals surface area contributed by atoms with E-state index in [2.05, 4.69) is 0 Å². The summed E-state index contributed by atoms with van der Waals surface area (Å²) in [6.07, 6.45) is 0. The van der Waals surface area contributed by atoms with E-state index in [1.165, 1.54) is 0 Å². The molecule has 0 aliphatic carbocycles. The topological polar surface area (TPSA) is 0 Å². The highest BCUT2D eigenvalue weighted by Gasteiger charge is 2.79. The Hall–Kier alpha value is 2.17. The molecule has 0 nitrogen and oxygen atoms in total. The first-order chi connectivity index (χ1) is 4.21. The summed E-state index contributed by atoms with van der Waals surface area (Å²) in [7, 11) is 0. The van der Waals surface area contributed by atoms with Gasteiger partial charge in [0.15, 0.2) is 0 Å². The van der Waals surface area contributed by atoms with E-state index in [-0.39, 0.29) is 0 Å². The Balaban J connectivity index is 2.78. The summed E-state index contributed by atoms with van der Waals surface area (Å²) in [5, 5.41) is 0. The minimum atomic E-state index is -2.83. The summed E-state index contributed by atoms with van der Waals surface area (Å²) >= 11 is 34.4. The predicted molar refractivity (Wildman–Crippen MR) is 54.2 cm³/mol. The molecule has 0 N–H and O–H groups in total. The number of halogens is 6. The third kappa shape index (κ3) is 1.47. The SMILES string of the molecule is ClC1(Cl)C[Si]1(Cl)[Si](Cl)(Cl)Cl. The maximum Gasteiger partial charge on any atom is 0.345 e. The van der Waals surface area contributed by atoms with Gasteiger partial charge in [-0.25, -0.2) is 0 Å². The van der Waals surface area contributed by atoms with Gasteiger partial charge in [0.25, 0.3) is 0 Å². The van der Waals surface area contributed by atoms with E-state index < -0.39 is 16.4 Å². The molecule has 1 fully saturated rings. The van der Waals surface area contributed by atoms with Gasteiger partial charge in [0.2, 0.25) is 6.90 Å². The van der Waals surface area contributed by atoms with Crippen LogP contribution in [0.5, 0.6) is 0 Å². The van der Waals surface area contributed by atoms with Crippen LogP contribution in [0.25, 0.3) is 0 Å². The van der Waals surface area contributed by atoms with Crippen LogP contribution < -0.4 is 0 Å². The number of rotatable bonds is 1. The van der Waals surface area contributed by atoms with Crippen molar-refractivity contribution in [2.75, 3.05) is 0 Å². The minimum absolute atomic E-state index is 0.493. The third-order valence-corrected chi connectivity index (χ3v) is 28.1. The standard InChI is InChI=1S/C2H2Cl6Si2/c3-2(4)1-9(2,5)10(6,7)8/h1H2. The first-order valence-corrected chi connectivity index (χ1v) is 12.4. The van der Waals surface area contributed by atoms with Crippen molar-refractivity contribution in [1.82, 2.24) is 0 Å². The second-order valence-corrected chi connectivity index (χ2v) is 25.5. The molecule has 1 atom stereocenters. The van der Waals surface area contributed by atoms with Crippen molar-refractivity contribution >= 4 is 79.9 Å². The molecule has 0 aromatic heterocycles. The smallest absolute Gasteiger partial charge is 0.162 e. The molecular weight excluding hydrogens is 293 g/mol. The fourth-order valence-electron chi connectivity index (χ4n) is 0.569. The van der Waals surface area contributed by atoms with Crippen molar-refractivity contribution in [3.63, 3.8) is 0 Å². The largest absolute Gasteiger partial charge is 0.345 e. The molecular formula is C2H2Cl6Si2. The summed E-state index contributed by atoms with van der Waals surface area (Å²) in [4.78, 5) is 0. The third-order valence-electron chi connectivity index (χ3n) is 1.37. The Morgan fingerprint density at radius 3 is 1.50 bits per heavy atom. The molecule has 0 aromatic carbocycles. The zero-order valence-corrected chi connectivity index (χ0v) is 11.0. The summed E-state index contributed by atoms with van der Waals surface area (Å²) in [6.45, 7) is -2.40. The zero-order chi connectivity index (χ0) is 8.21. The lowest BCUT2D eigenvalue weighted by Gasteiger charge is -2.12. The Bertz CT molecular complexity index is 162. The average molecular weight is 295 g/mol. The number of hydrogen-bond acceptors (Lipinski definition) is 0. The van der Waals surface area contributed by atoms with E-state index in [4.69, 9.17) is 67.5 Å². The van der Waals surface area contributed by atoms with Gasteiger partial charge in [0.1, 0.15) is 3.96 Å². The Kier molecular flexibility index (Phi) is 2.65. The van der Waals surface area contributed by atoms with E-state index in [0.717, 1.165) is 0 Å². The molecule has 10 heavy (non-hydrogen) atoms. The summed E-state index contributed by atoms with van der Waals surface area (Å²) in [6, 6.07) is 0.493. The molecule has 0 spiro atoms. The van der Waals surface area contributed by atoms with E-state index in [1.54, 1.807) is 0 Å². The van der Waals surface area contributed by atoms with Crippen LogP contribution in [0.2, 0.25) is 6.04 Å². The van der Waals surface area contributed by atoms with Crippen LogP contribution in [-0.4, -0.2) is 16.4 Å². The molecule has 1 saturated heterocycles. The summed E-state index contributed by atoms with van der Waals surface area (Å²) in [5.41, 5.74) is -2.83. The van der Waals surface area contributed by atoms with E-state index >= 15 is 0 Å². The molecule has 60 valence electrons. The summed E-state index contributed by atoms with van der Waals surface area (Å²) < 4.78 is -0.897. The molecule has 1 aliphatic rings. The molecule has 1 aliphatic heterocycles. The highest BCUT2D eigenvalue weighted by Crippen LogP contribution is 2.64. The van der Waals surface area contributed by atoms with Crippen molar-refractivity contribution in [1.29, 1.82) is 0 Å². The molecule has 0 radical (unpaired) electrons. The minimum Gasteiger partial charge on any atom is -0.162 e. The van der Waals surface area contributed by atoms with E-state index in [9.17, 15) is 0 Å². The van der Waals surface area contributed by atoms with Crippen molar-refractivity contribution in [3.05, 3.63) is 0 Å². The normalized spacial score (nSPS) is 37.8. The van der Waals surface area contributed by atoms with Crippen molar-refractivity contribution in [2.45, 2.75) is 10.0 Å². The molecule has 1 rings (SSSR count). The van der Waals surface area contributed by atoms with Gasteiger partial charge in [-0.1, -0.05) is 0 Å². The summed E-state index contributed by atoms with van der Waals surface area (Å²) in [5.74, 6) is 0. The molecule has 1 unspecified atom stereocenters. The fourth-order valence-corrected chi connectivity index (χ4v) is 20.0. The Morgan fingerprint density at radius 1 is 1.20 bits per heavy atom. The van der Waals surface area contributed by atoms with Gasteiger partial charge < -0.3 is 0 Å². The van der Waals surface area contributed by atoms with Crippen LogP contribution in [-0.2, 0) is 0 Å². The molecule has 0 saturated carbocycles. The van der Waals surface area contributed by atoms with Gasteiger partial charge >= 0.3 is 5.52 Å². The van der Waals surface area contributed by atoms with Crippen molar-refractivity contribution in [2.24, 2.45) is 0 Å². The predicted octanol–water partition coefficient (Wildman–Crippen LogP) is 3.63. The molecule has 0 bridgehead atoms. The number of alkyl halides is 2. The molecule has 0 aromatic rings. The van der Waals surface area contributed by atoms with Crippen molar-refractivity contribution in [3.8, 4) is 0 Å². The van der Waals surface area contributed by atoms with Gasteiger partial charge in [-0.05, 0) is 6.04 Å². The first kappa shape index (κ1) is 10.3. The highest BCUT2D eigenvalue weighted by molar-refractivity contribution is 7.98. The zero-order valence-electron chi connectivity index (χ0n) is 4.47. The Morgan fingerprint density at radius 2 is 1.50 bits per heavy atom. The highest BCUT2D eigenvalue weighted by atomic mass is 35.9. The second-order valence-electron chi connectivity index (χ2n) is 2.18. The van der Waals surface area contributed by atoms with Gasteiger partial charge in [-0.3, -0.25) is 0 Å². The fraction of sp³-hybridized carbons (Fsp3) is 1.00. The van der Waals surface area contributed by atoms with Gasteiger partial charge in [-0.2, -0.15) is 11.1 Å². The molecule has 1 heterocycles. The van der Waals surface area contributed by atoms with Crippen LogP contribution in [0.4, 0.5) is 0 Å². The first-order valence-electron chi connectivity index (χ1n) is 2.34. The number of hydrogen-bond donors (Lipinski definition) is 0. The van der Waals surface area contributed by atoms with Gasteiger partial charge in [0, 0.05) is 0 Å². The van der Waals surface area contributed by atoms with Gasteiger partial charge in [-0.15, -0.1) is 56.4 Å². The molecule has 8 heteroatoms. The quantitative estimate of drug-likeness (QED) is 0.394. The maximum atomic E-state index is 5.95.